The number of aromatic nitrogens is 6. The number of nitrogens with zero attached hydrogens (tertiary/aromatic N) is 8. The number of nitrogens with one attached hydrogen (secondary N) is 3. The lowest BCUT2D eigenvalue weighted by atomic mass is 10.1. The van der Waals surface area contributed by atoms with Gasteiger partial charge in [0.25, 0.3) is 12.4 Å². The molecule has 96 heavy (non-hydrogen) atoms. The van der Waals surface area contributed by atoms with Gasteiger partial charge in [0, 0.05) is 109 Å². The van der Waals surface area contributed by atoms with E-state index < -0.39 is 0 Å². The predicted octanol–water partition coefficient (Wildman–Crippen LogP) is 14.6. The van der Waals surface area contributed by atoms with Crippen molar-refractivity contribution in [3.63, 3.8) is 0 Å². The van der Waals surface area contributed by atoms with Gasteiger partial charge in [-0.1, -0.05) is 137 Å². The number of ether oxygens (including phenoxy) is 2. The van der Waals surface area contributed by atoms with Crippen molar-refractivity contribution in [2.24, 2.45) is 0 Å². The van der Waals surface area contributed by atoms with Crippen LogP contribution in [0.2, 0.25) is 0 Å². The fraction of sp³-hybridized carbons (Fsp3) is 0.169. The summed E-state index contributed by atoms with van der Waals surface area (Å²) >= 11 is 0. The first kappa shape index (κ1) is 70.1. The molecule has 0 radical (unpaired) electrons. The van der Waals surface area contributed by atoms with E-state index in [4.69, 9.17) is 19.4 Å². The van der Waals surface area contributed by atoms with Crippen molar-refractivity contribution in [2.45, 2.75) is 34.6 Å². The van der Waals surface area contributed by atoms with Crippen LogP contribution in [0.5, 0.6) is 0 Å². The number of morpholine rings is 2. The summed E-state index contributed by atoms with van der Waals surface area (Å²) in [4.78, 5) is 77.0. The molecule has 2 aliphatic rings. The topological polar surface area (TPSA) is 220 Å². The third kappa shape index (κ3) is 17.7. The first-order chi connectivity index (χ1) is 47.1. The highest BCUT2D eigenvalue weighted by atomic mass is 16.5. The lowest BCUT2D eigenvalue weighted by Crippen LogP contribution is -2.41. The number of hydrogen-bond acceptors (Lipinski definition) is 14. The van der Waals surface area contributed by atoms with Gasteiger partial charge in [-0.15, -0.1) is 13.2 Å². The third-order valence-electron chi connectivity index (χ3n) is 14.8. The highest BCUT2D eigenvalue weighted by Crippen LogP contribution is 2.30. The minimum atomic E-state index is -0.250. The Hall–Kier alpha value is -11.8. The van der Waals surface area contributed by atoms with Crippen LogP contribution in [0.15, 0.2) is 265 Å². The normalized spacial score (nSPS) is 12.1. The zero-order valence-electron chi connectivity index (χ0n) is 54.5. The molecule has 1 amide bonds. The highest BCUT2D eigenvalue weighted by molar-refractivity contribution is 5.96. The molecule has 0 unspecified atom stereocenters. The lowest BCUT2D eigenvalue weighted by Gasteiger charge is -2.28. The lowest BCUT2D eigenvalue weighted by molar-refractivity contribution is -0.122. The molecule has 0 bridgehead atoms. The molecule has 6 aromatic carbocycles. The van der Waals surface area contributed by atoms with Crippen LogP contribution in [0, 0.1) is 6.92 Å². The van der Waals surface area contributed by atoms with Crippen LogP contribution in [0.25, 0.3) is 49.8 Å². The van der Waals surface area contributed by atoms with Crippen molar-refractivity contribution in [3.8, 4) is 17.1 Å². The second-order valence-electron chi connectivity index (χ2n) is 20.8. The minimum absolute atomic E-state index is 0.0480. The smallest absolute Gasteiger partial charge is 0.290 e. The number of carboxylic acid groups (broad SMARTS) is 1. The number of carbonyl (C=O) groups is 2. The van der Waals surface area contributed by atoms with Gasteiger partial charge in [0.15, 0.2) is 16.3 Å². The van der Waals surface area contributed by atoms with E-state index in [0.717, 1.165) is 75.6 Å². The second-order valence-corrected chi connectivity index (χ2v) is 20.8. The Balaban J connectivity index is 0.000000175. The Labute approximate surface area is 557 Å². The van der Waals surface area contributed by atoms with Gasteiger partial charge in [-0.2, -0.15) is 0 Å². The highest BCUT2D eigenvalue weighted by Gasteiger charge is 2.23. The molecule has 0 aliphatic carbocycles. The summed E-state index contributed by atoms with van der Waals surface area (Å²) in [5.41, 5.74) is 8.71. The summed E-state index contributed by atoms with van der Waals surface area (Å²) in [6.07, 6.45) is 4.84. The third-order valence-corrected chi connectivity index (χ3v) is 14.8. The number of carbonyl (C=O) groups excluding carboxylic acids is 1. The molecule has 6 aromatic heterocycles. The predicted molar refractivity (Wildman–Crippen MR) is 388 cm³/mol. The van der Waals surface area contributed by atoms with Gasteiger partial charge in [-0.25, -0.2) is 4.98 Å². The van der Waals surface area contributed by atoms with Crippen molar-refractivity contribution >= 4 is 85.4 Å². The van der Waals surface area contributed by atoms with Gasteiger partial charge >= 0.3 is 0 Å². The second kappa shape index (κ2) is 35.9. The average molecular weight is 1290 g/mol. The maximum absolute atomic E-state index is 13.1. The maximum Gasteiger partial charge on any atom is 0.290 e. The van der Waals surface area contributed by atoms with E-state index in [-0.39, 0.29) is 28.7 Å². The molecule has 2 saturated heterocycles. The SMILES string of the molecule is C=C.CC.CC.Cc1cc2c(cn1)c(=O)cc(Nc1ccccc1)n2-c1ccccc1.O=C(c1cc2c(cn1)c(=O)cc(Nc1ccccc1)n2-c1ccccc1)N1CCOCC1.O=CO.O=c1cc(Nc2ccccc2)n(-c2ccccc2)c2cc(N3CCOCC3)ncc12. The number of anilines is 7. The molecule has 4 N–H and O–H groups in total. The largest absolute Gasteiger partial charge is 0.483 e. The van der Waals surface area contributed by atoms with E-state index in [9.17, 15) is 19.2 Å². The Morgan fingerprint density at radius 3 is 1.14 bits per heavy atom. The van der Waals surface area contributed by atoms with Crippen LogP contribution >= 0.6 is 0 Å². The Morgan fingerprint density at radius 2 is 0.760 bits per heavy atom. The van der Waals surface area contributed by atoms with Gasteiger partial charge in [0.1, 0.15) is 29.0 Å². The summed E-state index contributed by atoms with van der Waals surface area (Å²) in [5.74, 6) is 2.73. The Morgan fingerprint density at radius 1 is 0.448 bits per heavy atom. The molecule has 12 aromatic rings. The van der Waals surface area contributed by atoms with Crippen molar-refractivity contribution in [1.29, 1.82) is 0 Å². The number of amides is 1. The summed E-state index contributed by atoms with van der Waals surface area (Å²) in [6.45, 7) is 20.7. The number of hydrogen-bond donors (Lipinski definition) is 4. The summed E-state index contributed by atoms with van der Waals surface area (Å²) in [5, 5.41) is 18.7. The number of benzene rings is 6. The van der Waals surface area contributed by atoms with Gasteiger partial charge in [0.05, 0.1) is 59.1 Å². The number of fused-ring (bicyclic) bond motifs is 3. The molecule has 2 fully saturated rings. The molecule has 19 heteroatoms. The molecule has 19 nitrogen and oxygen atoms in total. The average Bonchev–Trinajstić information content (AvgIpc) is 0.780. The molecular weight excluding hydrogens is 1210 g/mol. The maximum atomic E-state index is 13.1. The zero-order valence-corrected chi connectivity index (χ0v) is 54.5. The standard InChI is InChI=1S/C25H22N4O3.C24H22N4O2.C21H17N3O.2C2H6.C2H4.CH2O2/c30-23-16-24(27-18-7-3-1-4-8-18)29(19-9-5-2-6-10-19)22-15-21(26-17-20(22)23)25(31)28-11-13-32-14-12-28;29-22-16-24(26-18-7-3-1-4-8-18)28(19-9-5-2-6-10-19)21-15-23(25-17-20(21)22)27-11-13-30-14-12-27;1-15-12-19-18(14-22-15)20(25)13-21(23-16-8-4-2-5-9-16)24(19)17-10-6-3-7-11-17;3*1-2;2-1-3/h1-10,15-17,27H,11-14H2;1-10,15-17,26H,11-14H2;2-14,23H,1H3;2*1-2H3;1-2H2;1H,(H,2,3). The van der Waals surface area contributed by atoms with E-state index in [2.05, 4.69) is 58.1 Å². The van der Waals surface area contributed by atoms with E-state index in [1.165, 1.54) is 6.20 Å². The van der Waals surface area contributed by atoms with Gasteiger partial charge in [0.2, 0.25) is 0 Å². The van der Waals surface area contributed by atoms with Crippen LogP contribution in [0.3, 0.4) is 0 Å². The molecular formula is C77H79N11O8. The van der Waals surface area contributed by atoms with E-state index >= 15 is 0 Å². The van der Waals surface area contributed by atoms with Crippen LogP contribution in [0.1, 0.15) is 43.9 Å². The van der Waals surface area contributed by atoms with Crippen molar-refractivity contribution in [3.05, 3.63) is 292 Å². The van der Waals surface area contributed by atoms with E-state index in [1.54, 1.807) is 41.6 Å². The molecule has 0 spiro atoms. The zero-order chi connectivity index (χ0) is 68.2. The number of pyridine rings is 6. The fourth-order valence-electron chi connectivity index (χ4n) is 10.6. The fourth-order valence-corrected chi connectivity index (χ4v) is 10.6. The van der Waals surface area contributed by atoms with Crippen molar-refractivity contribution < 1.29 is 24.2 Å². The van der Waals surface area contributed by atoms with Crippen molar-refractivity contribution in [1.82, 2.24) is 33.6 Å². The van der Waals surface area contributed by atoms with E-state index in [0.29, 0.717) is 78.5 Å². The molecule has 14 rings (SSSR count). The number of para-hydroxylation sites is 6. The summed E-state index contributed by atoms with van der Waals surface area (Å²) < 4.78 is 16.9. The number of rotatable bonds is 11. The minimum Gasteiger partial charge on any atom is -0.483 e. The monoisotopic (exact) mass is 1290 g/mol. The summed E-state index contributed by atoms with van der Waals surface area (Å²) in [7, 11) is 0. The first-order valence-electron chi connectivity index (χ1n) is 31.7. The van der Waals surface area contributed by atoms with Gasteiger partial charge in [-0.3, -0.25) is 47.6 Å². The molecule has 8 heterocycles. The van der Waals surface area contributed by atoms with Gasteiger partial charge in [-0.05, 0) is 91.9 Å². The Kier molecular flexibility index (Phi) is 26.2. The van der Waals surface area contributed by atoms with E-state index in [1.807, 2.05) is 233 Å². The Bertz CT molecular complexity index is 4630. The quantitative estimate of drug-likeness (QED) is 0.0699. The van der Waals surface area contributed by atoms with Crippen LogP contribution in [0.4, 0.5) is 40.3 Å². The first-order valence-corrected chi connectivity index (χ1v) is 31.7. The summed E-state index contributed by atoms with van der Waals surface area (Å²) in [6, 6.07) is 69.6. The van der Waals surface area contributed by atoms with Crippen molar-refractivity contribution in [2.75, 3.05) is 73.5 Å². The van der Waals surface area contributed by atoms with Crippen LogP contribution in [-0.4, -0.2) is 104 Å². The molecule has 490 valence electrons. The van der Waals surface area contributed by atoms with Crippen LogP contribution in [-0.2, 0) is 14.3 Å². The molecule has 0 atom stereocenters. The number of aryl methyl sites for hydroxylation is 1. The molecule has 2 aliphatic heterocycles. The van der Waals surface area contributed by atoms with Crippen LogP contribution < -0.4 is 37.1 Å². The van der Waals surface area contributed by atoms with Gasteiger partial charge < -0.3 is 40.3 Å². The molecule has 0 saturated carbocycles.